The summed E-state index contributed by atoms with van der Waals surface area (Å²) in [6.45, 7) is 7.01. The highest BCUT2D eigenvalue weighted by Gasteiger charge is 2.16. The molecule has 2 aromatic rings. The highest BCUT2D eigenvalue weighted by atomic mass is 16.5. The van der Waals surface area contributed by atoms with E-state index in [-0.39, 0.29) is 0 Å². The molecule has 23 heavy (non-hydrogen) atoms. The number of hydrogen-bond acceptors (Lipinski definition) is 2. The number of ether oxygens (including phenoxy) is 1. The third-order valence-corrected chi connectivity index (χ3v) is 4.55. The maximum absolute atomic E-state index is 5.50. The fourth-order valence-corrected chi connectivity index (χ4v) is 3.20. The van der Waals surface area contributed by atoms with Crippen LogP contribution in [0.2, 0.25) is 0 Å². The van der Waals surface area contributed by atoms with E-state index in [1.165, 1.54) is 35.1 Å². The van der Waals surface area contributed by atoms with Crippen LogP contribution < -0.4 is 0 Å². The predicted octanol–water partition coefficient (Wildman–Crippen LogP) is 4.33. The standard InChI is InChI=1S/C21H26NO/c1-2-3-8-19-11-7-12-20(18-9-5-4-6-10-18)21(19)17-22-13-15-23-16-14-22/h4-7,9-11H,2-3,8,13-17H2,1H3. The lowest BCUT2D eigenvalue weighted by atomic mass is 9.92. The van der Waals surface area contributed by atoms with Gasteiger partial charge in [-0.2, -0.15) is 0 Å². The Balaban J connectivity index is 1.93. The van der Waals surface area contributed by atoms with Crippen LogP contribution in [0.15, 0.2) is 42.5 Å². The van der Waals surface area contributed by atoms with E-state index in [0.29, 0.717) is 0 Å². The van der Waals surface area contributed by atoms with Crippen LogP contribution in [0.4, 0.5) is 0 Å². The number of hydrogen-bond donors (Lipinski definition) is 0. The quantitative estimate of drug-likeness (QED) is 0.787. The second-order valence-electron chi connectivity index (χ2n) is 6.21. The molecule has 121 valence electrons. The smallest absolute Gasteiger partial charge is 0.0594 e. The molecule has 3 rings (SSSR count). The van der Waals surface area contributed by atoms with Gasteiger partial charge in [0.15, 0.2) is 0 Å². The van der Waals surface area contributed by atoms with Crippen molar-refractivity contribution in [3.05, 3.63) is 59.7 Å². The minimum Gasteiger partial charge on any atom is -0.379 e. The van der Waals surface area contributed by atoms with Gasteiger partial charge in [-0.05, 0) is 41.2 Å². The van der Waals surface area contributed by atoms with Crippen LogP contribution in [0.1, 0.15) is 30.9 Å². The summed E-state index contributed by atoms with van der Waals surface area (Å²) in [5.74, 6) is 0. The lowest BCUT2D eigenvalue weighted by Crippen LogP contribution is -2.36. The van der Waals surface area contributed by atoms with Crippen molar-refractivity contribution in [1.29, 1.82) is 0 Å². The Bertz CT molecular complexity index is 602. The molecule has 0 atom stereocenters. The van der Waals surface area contributed by atoms with E-state index >= 15 is 0 Å². The molecule has 2 nitrogen and oxygen atoms in total. The predicted molar refractivity (Wildman–Crippen MR) is 95.4 cm³/mol. The van der Waals surface area contributed by atoms with E-state index < -0.39 is 0 Å². The first kappa shape index (κ1) is 16.2. The third kappa shape index (κ3) is 4.21. The molecule has 0 N–H and O–H groups in total. The van der Waals surface area contributed by atoms with Gasteiger partial charge in [-0.1, -0.05) is 55.8 Å². The van der Waals surface area contributed by atoms with Gasteiger partial charge in [-0.25, -0.2) is 0 Å². The summed E-state index contributed by atoms with van der Waals surface area (Å²) in [4.78, 5) is 2.51. The van der Waals surface area contributed by atoms with Crippen molar-refractivity contribution in [2.45, 2.75) is 32.7 Å². The fraction of sp³-hybridized carbons (Fsp3) is 0.429. The van der Waals surface area contributed by atoms with Crippen molar-refractivity contribution in [2.75, 3.05) is 26.3 Å². The minimum absolute atomic E-state index is 0.849. The Hall–Kier alpha value is -1.64. The highest BCUT2D eigenvalue weighted by molar-refractivity contribution is 5.68. The van der Waals surface area contributed by atoms with Crippen LogP contribution in [0, 0.1) is 6.07 Å². The molecule has 1 heterocycles. The van der Waals surface area contributed by atoms with E-state index in [1.54, 1.807) is 0 Å². The van der Waals surface area contributed by atoms with Crippen LogP contribution >= 0.6 is 0 Å². The Morgan fingerprint density at radius 3 is 2.61 bits per heavy atom. The molecule has 0 saturated carbocycles. The Kier molecular flexibility index (Phi) is 5.84. The van der Waals surface area contributed by atoms with E-state index in [0.717, 1.165) is 39.3 Å². The summed E-state index contributed by atoms with van der Waals surface area (Å²) < 4.78 is 5.50. The first-order chi connectivity index (χ1) is 11.4. The van der Waals surface area contributed by atoms with Gasteiger partial charge in [-0.15, -0.1) is 0 Å². The van der Waals surface area contributed by atoms with E-state index in [1.807, 2.05) is 0 Å². The zero-order chi connectivity index (χ0) is 15.9. The van der Waals surface area contributed by atoms with Crippen molar-refractivity contribution < 1.29 is 4.74 Å². The molecule has 1 saturated heterocycles. The van der Waals surface area contributed by atoms with E-state index in [2.05, 4.69) is 60.4 Å². The fourth-order valence-electron chi connectivity index (χ4n) is 3.20. The molecule has 0 bridgehead atoms. The van der Waals surface area contributed by atoms with E-state index in [9.17, 15) is 0 Å². The van der Waals surface area contributed by atoms with Gasteiger partial charge in [0.05, 0.1) is 13.2 Å². The molecule has 0 unspecified atom stereocenters. The molecule has 0 aromatic heterocycles. The van der Waals surface area contributed by atoms with Crippen molar-refractivity contribution in [2.24, 2.45) is 0 Å². The normalized spacial score (nSPS) is 15.7. The highest BCUT2D eigenvalue weighted by Crippen LogP contribution is 2.28. The molecule has 0 aliphatic carbocycles. The lowest BCUT2D eigenvalue weighted by molar-refractivity contribution is 0.0341. The number of benzene rings is 2. The largest absolute Gasteiger partial charge is 0.379 e. The summed E-state index contributed by atoms with van der Waals surface area (Å²) in [6, 6.07) is 18.5. The molecule has 0 spiro atoms. The summed E-state index contributed by atoms with van der Waals surface area (Å²) in [5.41, 5.74) is 5.48. The maximum atomic E-state index is 5.50. The van der Waals surface area contributed by atoms with Gasteiger partial charge in [0.25, 0.3) is 0 Å². The third-order valence-electron chi connectivity index (χ3n) is 4.55. The average Bonchev–Trinajstić information content (AvgIpc) is 2.62. The molecule has 1 fully saturated rings. The number of unbranched alkanes of at least 4 members (excludes halogenated alkanes) is 1. The topological polar surface area (TPSA) is 12.5 Å². The van der Waals surface area contributed by atoms with Gasteiger partial charge in [0, 0.05) is 19.6 Å². The Labute approximate surface area is 140 Å². The molecule has 2 heteroatoms. The number of rotatable bonds is 6. The molecule has 1 radical (unpaired) electrons. The van der Waals surface area contributed by atoms with Gasteiger partial charge in [0.1, 0.15) is 0 Å². The molecule has 0 amide bonds. The second kappa shape index (κ2) is 8.28. The molecular formula is C21H26NO. The molecule has 1 aliphatic heterocycles. The van der Waals surface area contributed by atoms with Crippen LogP contribution in [-0.2, 0) is 17.7 Å². The first-order valence-corrected chi connectivity index (χ1v) is 8.76. The van der Waals surface area contributed by atoms with Crippen molar-refractivity contribution in [3.8, 4) is 11.1 Å². The monoisotopic (exact) mass is 308 g/mol. The second-order valence-corrected chi connectivity index (χ2v) is 6.21. The van der Waals surface area contributed by atoms with Gasteiger partial charge < -0.3 is 4.74 Å². The van der Waals surface area contributed by atoms with Gasteiger partial charge in [0.2, 0.25) is 0 Å². The zero-order valence-electron chi connectivity index (χ0n) is 14.1. The van der Waals surface area contributed by atoms with Crippen LogP contribution in [0.5, 0.6) is 0 Å². The first-order valence-electron chi connectivity index (χ1n) is 8.76. The number of nitrogens with zero attached hydrogens (tertiary/aromatic N) is 1. The van der Waals surface area contributed by atoms with Crippen LogP contribution in [0.25, 0.3) is 11.1 Å². The summed E-state index contributed by atoms with van der Waals surface area (Å²) in [6.07, 6.45) is 3.63. The van der Waals surface area contributed by atoms with Crippen molar-refractivity contribution in [1.82, 2.24) is 4.90 Å². The average molecular weight is 308 g/mol. The van der Waals surface area contributed by atoms with Gasteiger partial charge >= 0.3 is 0 Å². The molecule has 2 aromatic carbocycles. The van der Waals surface area contributed by atoms with E-state index in [4.69, 9.17) is 4.74 Å². The maximum Gasteiger partial charge on any atom is 0.0594 e. The van der Waals surface area contributed by atoms with Gasteiger partial charge in [-0.3, -0.25) is 4.90 Å². The SMILES string of the molecule is CCCCc1cc[c]c(-c2ccccc2)c1CN1CCOCC1. The van der Waals surface area contributed by atoms with Crippen molar-refractivity contribution in [3.63, 3.8) is 0 Å². The van der Waals surface area contributed by atoms with Crippen LogP contribution in [-0.4, -0.2) is 31.2 Å². The summed E-state index contributed by atoms with van der Waals surface area (Å²) in [5, 5.41) is 0. The molecule has 1 aliphatic rings. The molecular weight excluding hydrogens is 282 g/mol. The number of morpholine rings is 1. The Morgan fingerprint density at radius 2 is 1.87 bits per heavy atom. The lowest BCUT2D eigenvalue weighted by Gasteiger charge is -2.28. The Morgan fingerprint density at radius 1 is 1.09 bits per heavy atom. The van der Waals surface area contributed by atoms with Crippen LogP contribution in [0.3, 0.4) is 0 Å². The summed E-state index contributed by atoms with van der Waals surface area (Å²) >= 11 is 0. The zero-order valence-corrected chi connectivity index (χ0v) is 14.1. The minimum atomic E-state index is 0.849. The summed E-state index contributed by atoms with van der Waals surface area (Å²) in [7, 11) is 0. The van der Waals surface area contributed by atoms with Crippen molar-refractivity contribution >= 4 is 0 Å². The number of aryl methyl sites for hydroxylation is 1.